The first-order chi connectivity index (χ1) is 20.9. The van der Waals surface area contributed by atoms with Gasteiger partial charge in [-0.3, -0.25) is 19.2 Å². The monoisotopic (exact) mass is 610 g/mol. The van der Waals surface area contributed by atoms with Crippen LogP contribution in [-0.4, -0.2) is 50.3 Å². The van der Waals surface area contributed by atoms with Crippen molar-refractivity contribution >= 4 is 23.9 Å². The van der Waals surface area contributed by atoms with Gasteiger partial charge in [0.15, 0.2) is 10.8 Å². The summed E-state index contributed by atoms with van der Waals surface area (Å²) in [6.07, 6.45) is 0. The van der Waals surface area contributed by atoms with Crippen LogP contribution in [0.25, 0.3) is 22.3 Å². The molecular formula is C34H36F2O8. The first-order valence-corrected chi connectivity index (χ1v) is 14.3. The van der Waals surface area contributed by atoms with Gasteiger partial charge in [0.25, 0.3) is 0 Å². The number of ether oxygens (including phenoxy) is 4. The van der Waals surface area contributed by atoms with E-state index >= 15 is 8.78 Å². The van der Waals surface area contributed by atoms with Crippen molar-refractivity contribution in [3.63, 3.8) is 0 Å². The molecule has 0 saturated heterocycles. The maximum Gasteiger partial charge on any atom is 0.327 e. The van der Waals surface area contributed by atoms with Crippen molar-refractivity contribution < 1.29 is 46.9 Å². The van der Waals surface area contributed by atoms with E-state index in [0.29, 0.717) is 11.1 Å². The zero-order chi connectivity index (χ0) is 32.7. The molecule has 0 fully saturated rings. The van der Waals surface area contributed by atoms with Gasteiger partial charge in [0.2, 0.25) is 0 Å². The molecule has 0 N–H and O–H groups in total. The summed E-state index contributed by atoms with van der Waals surface area (Å²) in [5.74, 6) is -4.80. The summed E-state index contributed by atoms with van der Waals surface area (Å²) in [6, 6.07) is 14.4. The lowest BCUT2D eigenvalue weighted by atomic mass is 9.81. The van der Waals surface area contributed by atoms with Crippen LogP contribution in [0.5, 0.6) is 0 Å². The predicted octanol–water partition coefficient (Wildman–Crippen LogP) is 6.07. The molecule has 0 saturated carbocycles. The summed E-state index contributed by atoms with van der Waals surface area (Å²) in [5, 5.41) is 0. The third-order valence-electron chi connectivity index (χ3n) is 7.33. The Labute approximate surface area is 255 Å². The van der Waals surface area contributed by atoms with Crippen LogP contribution in [0.15, 0.2) is 60.7 Å². The molecule has 0 aliphatic heterocycles. The number of benzene rings is 3. The summed E-state index contributed by atoms with van der Waals surface area (Å²) in [5.41, 5.74) is -2.29. The van der Waals surface area contributed by atoms with Crippen LogP contribution in [0.2, 0.25) is 0 Å². The van der Waals surface area contributed by atoms with E-state index in [1.807, 2.05) is 0 Å². The molecule has 10 heteroatoms. The van der Waals surface area contributed by atoms with Gasteiger partial charge in [0.1, 0.15) is 11.6 Å². The van der Waals surface area contributed by atoms with E-state index in [1.165, 1.54) is 38.1 Å². The largest absolute Gasteiger partial charge is 0.465 e. The van der Waals surface area contributed by atoms with Gasteiger partial charge >= 0.3 is 23.9 Å². The molecule has 0 spiro atoms. The summed E-state index contributed by atoms with van der Waals surface area (Å²) >= 11 is 0. The average molecular weight is 611 g/mol. The van der Waals surface area contributed by atoms with Crippen molar-refractivity contribution in [2.45, 2.75) is 52.4 Å². The summed E-state index contributed by atoms with van der Waals surface area (Å²) in [4.78, 5) is 50.9. The van der Waals surface area contributed by atoms with Crippen LogP contribution in [0.3, 0.4) is 0 Å². The van der Waals surface area contributed by atoms with Gasteiger partial charge in [-0.2, -0.15) is 0 Å². The second kappa shape index (κ2) is 14.2. The number of halogens is 2. The van der Waals surface area contributed by atoms with E-state index < -0.39 is 46.3 Å². The Kier molecular flexibility index (Phi) is 11.0. The van der Waals surface area contributed by atoms with Gasteiger partial charge in [0, 0.05) is 11.1 Å². The molecule has 234 valence electrons. The second-order valence-corrected chi connectivity index (χ2v) is 10.1. The molecule has 0 aliphatic carbocycles. The first-order valence-electron chi connectivity index (χ1n) is 14.3. The summed E-state index contributed by atoms with van der Waals surface area (Å²) < 4.78 is 51.1. The van der Waals surface area contributed by atoms with E-state index in [4.69, 9.17) is 18.9 Å². The van der Waals surface area contributed by atoms with Gasteiger partial charge in [-0.25, -0.2) is 8.78 Å². The van der Waals surface area contributed by atoms with E-state index in [9.17, 15) is 19.2 Å². The molecule has 0 radical (unpaired) electrons. The van der Waals surface area contributed by atoms with Crippen LogP contribution in [-0.2, 0) is 49.0 Å². The van der Waals surface area contributed by atoms with Gasteiger partial charge in [-0.05, 0) is 75.9 Å². The highest BCUT2D eigenvalue weighted by Gasteiger charge is 2.47. The lowest BCUT2D eigenvalue weighted by Gasteiger charge is -2.26. The van der Waals surface area contributed by atoms with E-state index in [2.05, 4.69) is 0 Å². The number of carbonyl (C=O) groups excluding carboxylic acids is 4. The molecule has 8 nitrogen and oxygen atoms in total. The molecule has 0 bridgehead atoms. The second-order valence-electron chi connectivity index (χ2n) is 10.1. The normalized spacial score (nSPS) is 11.5. The highest BCUT2D eigenvalue weighted by molar-refractivity contribution is 6.06. The van der Waals surface area contributed by atoms with E-state index in [-0.39, 0.29) is 48.7 Å². The lowest BCUT2D eigenvalue weighted by molar-refractivity contribution is -0.165. The average Bonchev–Trinajstić information content (AvgIpc) is 3.00. The van der Waals surface area contributed by atoms with Crippen molar-refractivity contribution in [1.82, 2.24) is 0 Å². The van der Waals surface area contributed by atoms with Gasteiger partial charge < -0.3 is 18.9 Å². The Hall–Kier alpha value is -4.60. The molecule has 0 unspecified atom stereocenters. The SMILES string of the molecule is CCOC(=O)C(C)(C(=O)OCC)c1ccc(-c2ccc(-c3ccc(C(C)(C(=O)OCC)C(=O)OCC)cc3F)cc2)c(F)c1. The van der Waals surface area contributed by atoms with Gasteiger partial charge in [-0.1, -0.05) is 48.5 Å². The van der Waals surface area contributed by atoms with Crippen LogP contribution < -0.4 is 0 Å². The van der Waals surface area contributed by atoms with Crippen LogP contribution in [0, 0.1) is 11.6 Å². The maximum absolute atomic E-state index is 15.4. The fraction of sp³-hybridized carbons (Fsp3) is 0.353. The molecule has 3 aromatic carbocycles. The Bertz CT molecular complexity index is 1380. The standard InChI is InChI=1S/C34H36F2O8/c1-7-41-29(37)33(5,30(38)42-8-2)23-15-17-25(27(35)19-23)21-11-13-22(14-12-21)26-18-16-24(20-28(26)36)34(6,31(39)43-9-3)32(40)44-10-4/h11-20H,7-10H2,1-6H3. The molecule has 3 aromatic rings. The highest BCUT2D eigenvalue weighted by atomic mass is 19.1. The molecule has 0 heterocycles. The van der Waals surface area contributed by atoms with Crippen LogP contribution >= 0.6 is 0 Å². The number of rotatable bonds is 12. The summed E-state index contributed by atoms with van der Waals surface area (Å²) in [7, 11) is 0. The van der Waals surface area contributed by atoms with Crippen molar-refractivity contribution in [1.29, 1.82) is 0 Å². The summed E-state index contributed by atoms with van der Waals surface area (Å²) in [6.45, 7) is 9.16. The Balaban J connectivity index is 1.96. The molecule has 0 amide bonds. The fourth-order valence-electron chi connectivity index (χ4n) is 4.69. The number of hydrogen-bond acceptors (Lipinski definition) is 8. The zero-order valence-electron chi connectivity index (χ0n) is 25.6. The van der Waals surface area contributed by atoms with Crippen molar-refractivity contribution in [2.24, 2.45) is 0 Å². The van der Waals surface area contributed by atoms with Crippen LogP contribution in [0.1, 0.15) is 52.7 Å². The predicted molar refractivity (Wildman–Crippen MR) is 158 cm³/mol. The molecule has 0 atom stereocenters. The van der Waals surface area contributed by atoms with Gasteiger partial charge in [0.05, 0.1) is 26.4 Å². The Morgan fingerprint density at radius 2 is 0.795 bits per heavy atom. The number of hydrogen-bond donors (Lipinski definition) is 0. The molecule has 3 rings (SSSR count). The van der Waals surface area contributed by atoms with Crippen molar-refractivity contribution in [3.8, 4) is 22.3 Å². The topological polar surface area (TPSA) is 105 Å². The number of esters is 4. The fourth-order valence-corrected chi connectivity index (χ4v) is 4.69. The minimum atomic E-state index is -1.87. The molecule has 44 heavy (non-hydrogen) atoms. The molecule has 0 aromatic heterocycles. The first kappa shape index (κ1) is 33.9. The zero-order valence-corrected chi connectivity index (χ0v) is 25.6. The van der Waals surface area contributed by atoms with Crippen molar-refractivity contribution in [3.05, 3.63) is 83.4 Å². The van der Waals surface area contributed by atoms with Gasteiger partial charge in [-0.15, -0.1) is 0 Å². The minimum Gasteiger partial charge on any atom is -0.465 e. The van der Waals surface area contributed by atoms with E-state index in [1.54, 1.807) is 52.0 Å². The third-order valence-corrected chi connectivity index (χ3v) is 7.33. The third kappa shape index (κ3) is 6.49. The van der Waals surface area contributed by atoms with Crippen molar-refractivity contribution in [2.75, 3.05) is 26.4 Å². The van der Waals surface area contributed by atoms with Crippen LogP contribution in [0.4, 0.5) is 8.78 Å². The minimum absolute atomic E-state index is 0.0280. The Morgan fingerprint density at radius 1 is 0.523 bits per heavy atom. The molecule has 0 aliphatic rings. The highest BCUT2D eigenvalue weighted by Crippen LogP contribution is 2.35. The maximum atomic E-state index is 15.4. The lowest BCUT2D eigenvalue weighted by Crippen LogP contribution is -2.43. The molecular weight excluding hydrogens is 574 g/mol. The Morgan fingerprint density at radius 3 is 1.02 bits per heavy atom. The van der Waals surface area contributed by atoms with E-state index in [0.717, 1.165) is 12.1 Å². The smallest absolute Gasteiger partial charge is 0.327 e. The quantitative estimate of drug-likeness (QED) is 0.138. The number of carbonyl (C=O) groups is 4.